The molecule has 0 radical (unpaired) electrons. The van der Waals surface area contributed by atoms with Crippen LogP contribution in [0.15, 0.2) is 23.2 Å². The molecular weight excluding hydrogens is 246 g/mol. The largest absolute Gasteiger partial charge is 0.392 e. The zero-order valence-corrected chi connectivity index (χ0v) is 13.1. The summed E-state index contributed by atoms with van der Waals surface area (Å²) in [5.74, 6) is 1.17. The summed E-state index contributed by atoms with van der Waals surface area (Å²) < 4.78 is 0. The van der Waals surface area contributed by atoms with Gasteiger partial charge in [0.15, 0.2) is 0 Å². The smallest absolute Gasteiger partial charge is 0.0694 e. The van der Waals surface area contributed by atoms with Crippen molar-refractivity contribution in [3.8, 4) is 0 Å². The summed E-state index contributed by atoms with van der Waals surface area (Å²) in [5.41, 5.74) is 3.73. The van der Waals surface area contributed by atoms with Crippen LogP contribution in [0.3, 0.4) is 0 Å². The van der Waals surface area contributed by atoms with Gasteiger partial charge in [-0.05, 0) is 35.8 Å². The van der Waals surface area contributed by atoms with Gasteiger partial charge in [0.25, 0.3) is 0 Å². The molecule has 2 nitrogen and oxygen atoms in total. The normalized spacial score (nSPS) is 23.4. The molecule has 0 aromatic heterocycles. The fourth-order valence-corrected chi connectivity index (χ4v) is 2.97. The Bertz CT molecular complexity index is 450. The molecule has 0 amide bonds. The van der Waals surface area contributed by atoms with Gasteiger partial charge in [-0.3, -0.25) is 4.99 Å². The quantitative estimate of drug-likeness (QED) is 0.785. The minimum Gasteiger partial charge on any atom is -0.392 e. The number of aliphatic hydroxyl groups is 1. The second-order valence-electron chi connectivity index (χ2n) is 6.53. The fourth-order valence-electron chi connectivity index (χ4n) is 2.97. The molecule has 1 aliphatic carbocycles. The van der Waals surface area contributed by atoms with Crippen LogP contribution in [0.2, 0.25) is 0 Å². The van der Waals surface area contributed by atoms with Gasteiger partial charge in [-0.1, -0.05) is 52.3 Å². The monoisotopic (exact) mass is 273 g/mol. The second kappa shape index (κ2) is 6.53. The van der Waals surface area contributed by atoms with Crippen LogP contribution in [0.1, 0.15) is 69.9 Å². The van der Waals surface area contributed by atoms with Crippen LogP contribution in [0.25, 0.3) is 0 Å². The maximum atomic E-state index is 9.93. The van der Waals surface area contributed by atoms with Gasteiger partial charge < -0.3 is 5.11 Å². The molecule has 0 aliphatic heterocycles. The standard InChI is InChI=1S/C18H27NO/c1-12(2)15-8-6-9-16(13(3)4)18(15)19-11-14-7-5-10-17(14)20/h6,8-9,11-14,17,20H,5,7,10H2,1-4H3. The Morgan fingerprint density at radius 3 is 2.15 bits per heavy atom. The first-order valence-electron chi connectivity index (χ1n) is 7.85. The molecule has 2 heteroatoms. The minimum absolute atomic E-state index is 0.201. The van der Waals surface area contributed by atoms with Crippen LogP contribution in [-0.2, 0) is 0 Å². The molecule has 2 unspecified atom stereocenters. The number of hydrogen-bond donors (Lipinski definition) is 1. The van der Waals surface area contributed by atoms with Gasteiger partial charge in [0.05, 0.1) is 11.8 Å². The lowest BCUT2D eigenvalue weighted by Crippen LogP contribution is -2.13. The molecule has 2 atom stereocenters. The first-order valence-corrected chi connectivity index (χ1v) is 7.85. The molecule has 110 valence electrons. The van der Waals surface area contributed by atoms with Gasteiger partial charge in [-0.2, -0.15) is 0 Å². The molecule has 1 saturated carbocycles. The number of aliphatic imine (C=N–C) groups is 1. The number of nitrogens with zero attached hydrogens (tertiary/aromatic N) is 1. The highest BCUT2D eigenvalue weighted by Crippen LogP contribution is 2.35. The van der Waals surface area contributed by atoms with E-state index in [-0.39, 0.29) is 12.0 Å². The third kappa shape index (κ3) is 3.29. The lowest BCUT2D eigenvalue weighted by molar-refractivity contribution is 0.162. The third-order valence-corrected chi connectivity index (χ3v) is 4.27. The van der Waals surface area contributed by atoms with Crippen molar-refractivity contribution in [3.63, 3.8) is 0 Å². The molecule has 0 saturated heterocycles. The Labute approximate surface area is 122 Å². The summed E-state index contributed by atoms with van der Waals surface area (Å²) in [7, 11) is 0. The number of rotatable bonds is 4. The van der Waals surface area contributed by atoms with Crippen LogP contribution in [0.5, 0.6) is 0 Å². The zero-order chi connectivity index (χ0) is 14.7. The number of aliphatic hydroxyl groups excluding tert-OH is 1. The van der Waals surface area contributed by atoms with Crippen LogP contribution < -0.4 is 0 Å². The molecule has 0 bridgehead atoms. The Hall–Kier alpha value is -1.15. The van der Waals surface area contributed by atoms with E-state index in [9.17, 15) is 5.11 Å². The van der Waals surface area contributed by atoms with Gasteiger partial charge in [0.1, 0.15) is 0 Å². The van der Waals surface area contributed by atoms with Gasteiger partial charge in [0.2, 0.25) is 0 Å². The first-order chi connectivity index (χ1) is 9.50. The molecule has 1 fully saturated rings. The summed E-state index contributed by atoms with van der Waals surface area (Å²) >= 11 is 0. The summed E-state index contributed by atoms with van der Waals surface area (Å²) in [6, 6.07) is 6.48. The maximum Gasteiger partial charge on any atom is 0.0694 e. The summed E-state index contributed by atoms with van der Waals surface area (Å²) in [4.78, 5) is 4.80. The van der Waals surface area contributed by atoms with Gasteiger partial charge in [-0.15, -0.1) is 0 Å². The third-order valence-electron chi connectivity index (χ3n) is 4.27. The lowest BCUT2D eigenvalue weighted by atomic mass is 9.93. The van der Waals surface area contributed by atoms with Crippen molar-refractivity contribution in [1.29, 1.82) is 0 Å². The van der Waals surface area contributed by atoms with E-state index in [1.54, 1.807) is 0 Å². The molecule has 0 spiro atoms. The number of benzene rings is 1. The molecule has 1 aromatic carbocycles. The van der Waals surface area contributed by atoms with Crippen molar-refractivity contribution < 1.29 is 5.11 Å². The summed E-state index contributed by atoms with van der Waals surface area (Å²) in [6.45, 7) is 8.84. The van der Waals surface area contributed by atoms with E-state index in [2.05, 4.69) is 45.9 Å². The average molecular weight is 273 g/mol. The van der Waals surface area contributed by atoms with Crippen LogP contribution in [0, 0.1) is 5.92 Å². The van der Waals surface area contributed by atoms with Gasteiger partial charge >= 0.3 is 0 Å². The number of hydrogen-bond acceptors (Lipinski definition) is 2. The van der Waals surface area contributed by atoms with Crippen LogP contribution in [-0.4, -0.2) is 17.4 Å². The first kappa shape index (κ1) is 15.2. The average Bonchev–Trinajstić information content (AvgIpc) is 2.81. The van der Waals surface area contributed by atoms with Crippen LogP contribution >= 0.6 is 0 Å². The zero-order valence-electron chi connectivity index (χ0n) is 13.1. The Morgan fingerprint density at radius 2 is 1.70 bits per heavy atom. The van der Waals surface area contributed by atoms with E-state index in [1.165, 1.54) is 11.1 Å². The molecular formula is C18H27NO. The molecule has 2 rings (SSSR count). The van der Waals surface area contributed by atoms with Crippen molar-refractivity contribution in [2.75, 3.05) is 0 Å². The van der Waals surface area contributed by atoms with E-state index in [0.717, 1.165) is 24.9 Å². The fraction of sp³-hybridized carbons (Fsp3) is 0.611. The summed E-state index contributed by atoms with van der Waals surface area (Å²) in [5, 5.41) is 9.93. The topological polar surface area (TPSA) is 32.6 Å². The molecule has 0 heterocycles. The second-order valence-corrected chi connectivity index (χ2v) is 6.53. The Morgan fingerprint density at radius 1 is 1.10 bits per heavy atom. The van der Waals surface area contributed by atoms with Crippen molar-refractivity contribution in [2.24, 2.45) is 10.9 Å². The molecule has 20 heavy (non-hydrogen) atoms. The molecule has 1 N–H and O–H groups in total. The van der Waals surface area contributed by atoms with Crippen molar-refractivity contribution in [2.45, 2.75) is 64.9 Å². The van der Waals surface area contributed by atoms with Crippen molar-refractivity contribution in [1.82, 2.24) is 0 Å². The SMILES string of the molecule is CC(C)c1cccc(C(C)C)c1N=CC1CCCC1O. The maximum absolute atomic E-state index is 9.93. The van der Waals surface area contributed by atoms with Crippen molar-refractivity contribution >= 4 is 11.9 Å². The van der Waals surface area contributed by atoms with E-state index >= 15 is 0 Å². The highest BCUT2D eigenvalue weighted by Gasteiger charge is 2.23. The van der Waals surface area contributed by atoms with E-state index in [1.807, 2.05) is 6.21 Å². The van der Waals surface area contributed by atoms with E-state index in [0.29, 0.717) is 11.8 Å². The van der Waals surface area contributed by atoms with Crippen LogP contribution in [0.4, 0.5) is 5.69 Å². The Balaban J connectivity index is 2.35. The Kier molecular flexibility index (Phi) is 4.98. The molecule has 1 aliphatic rings. The highest BCUT2D eigenvalue weighted by atomic mass is 16.3. The van der Waals surface area contributed by atoms with Crippen molar-refractivity contribution in [3.05, 3.63) is 29.3 Å². The molecule has 1 aromatic rings. The summed E-state index contributed by atoms with van der Waals surface area (Å²) in [6.07, 6.45) is 4.88. The highest BCUT2D eigenvalue weighted by molar-refractivity contribution is 5.70. The predicted octanol–water partition coefficient (Wildman–Crippen LogP) is 4.80. The predicted molar refractivity (Wildman–Crippen MR) is 86.1 cm³/mol. The van der Waals surface area contributed by atoms with Gasteiger partial charge in [-0.25, -0.2) is 0 Å². The lowest BCUT2D eigenvalue weighted by Gasteiger charge is -2.17. The minimum atomic E-state index is -0.201. The number of para-hydroxylation sites is 1. The van der Waals surface area contributed by atoms with E-state index < -0.39 is 0 Å². The van der Waals surface area contributed by atoms with E-state index in [4.69, 9.17) is 4.99 Å². The van der Waals surface area contributed by atoms with Gasteiger partial charge in [0, 0.05) is 12.1 Å².